The Morgan fingerprint density at radius 1 is 1.33 bits per heavy atom. The van der Waals surface area contributed by atoms with Gasteiger partial charge in [-0.25, -0.2) is 4.79 Å². The van der Waals surface area contributed by atoms with Gasteiger partial charge in [-0.1, -0.05) is 30.3 Å². The van der Waals surface area contributed by atoms with Crippen LogP contribution in [0.2, 0.25) is 0 Å². The Kier molecular flexibility index (Phi) is 4.20. The van der Waals surface area contributed by atoms with Crippen molar-refractivity contribution in [2.24, 2.45) is 0 Å². The van der Waals surface area contributed by atoms with Crippen LogP contribution in [0.3, 0.4) is 0 Å². The van der Waals surface area contributed by atoms with Gasteiger partial charge in [-0.05, 0) is 19.5 Å². The molecule has 0 saturated carbocycles. The van der Waals surface area contributed by atoms with Crippen molar-refractivity contribution >= 4 is 6.09 Å². The normalized spacial score (nSPS) is 20.8. The van der Waals surface area contributed by atoms with E-state index in [-0.39, 0.29) is 6.09 Å². The Morgan fingerprint density at radius 3 is 2.72 bits per heavy atom. The van der Waals surface area contributed by atoms with E-state index in [1.54, 1.807) is 4.90 Å². The van der Waals surface area contributed by atoms with Crippen molar-refractivity contribution in [1.29, 1.82) is 0 Å². The summed E-state index contributed by atoms with van der Waals surface area (Å²) in [7, 11) is 2.08. The predicted molar refractivity (Wildman–Crippen MR) is 70.3 cm³/mol. The Bertz CT molecular complexity index is 394. The quantitative estimate of drug-likeness (QED) is 0.802. The van der Waals surface area contributed by atoms with E-state index in [0.717, 1.165) is 25.2 Å². The number of rotatable bonds is 2. The smallest absolute Gasteiger partial charge is 0.410 e. The van der Waals surface area contributed by atoms with Gasteiger partial charge in [-0.2, -0.15) is 0 Å². The van der Waals surface area contributed by atoms with E-state index in [9.17, 15) is 4.79 Å². The van der Waals surface area contributed by atoms with E-state index in [1.807, 2.05) is 30.3 Å². The molecule has 1 atom stereocenters. The molecule has 1 amide bonds. The van der Waals surface area contributed by atoms with Crippen LogP contribution in [-0.2, 0) is 11.3 Å². The molecule has 0 aliphatic carbocycles. The second-order valence-electron chi connectivity index (χ2n) is 4.82. The van der Waals surface area contributed by atoms with Crippen molar-refractivity contribution in [3.8, 4) is 0 Å². The molecular formula is C14H20N2O2. The first kappa shape index (κ1) is 12.9. The van der Waals surface area contributed by atoms with Crippen LogP contribution in [0, 0.1) is 0 Å². The molecule has 1 aromatic rings. The predicted octanol–water partition coefficient (Wildman–Crippen LogP) is 1.96. The van der Waals surface area contributed by atoms with E-state index in [1.165, 1.54) is 0 Å². The number of hydrogen-bond acceptors (Lipinski definition) is 3. The van der Waals surface area contributed by atoms with Crippen molar-refractivity contribution < 1.29 is 9.53 Å². The van der Waals surface area contributed by atoms with Crippen LogP contribution in [0.1, 0.15) is 12.5 Å². The molecule has 1 heterocycles. The van der Waals surface area contributed by atoms with Crippen molar-refractivity contribution in [2.45, 2.75) is 19.6 Å². The fraction of sp³-hybridized carbons (Fsp3) is 0.500. The Hall–Kier alpha value is -1.55. The van der Waals surface area contributed by atoms with Gasteiger partial charge in [-0.15, -0.1) is 0 Å². The summed E-state index contributed by atoms with van der Waals surface area (Å²) in [6.07, 6.45) is -0.209. The monoisotopic (exact) mass is 248 g/mol. The minimum absolute atomic E-state index is 0.209. The largest absolute Gasteiger partial charge is 0.445 e. The van der Waals surface area contributed by atoms with Gasteiger partial charge in [0.2, 0.25) is 0 Å². The zero-order valence-electron chi connectivity index (χ0n) is 11.0. The van der Waals surface area contributed by atoms with Crippen molar-refractivity contribution in [1.82, 2.24) is 9.80 Å². The highest BCUT2D eigenvalue weighted by molar-refractivity contribution is 5.67. The van der Waals surface area contributed by atoms with E-state index >= 15 is 0 Å². The Balaban J connectivity index is 1.82. The average molecular weight is 248 g/mol. The third-order valence-corrected chi connectivity index (χ3v) is 3.42. The van der Waals surface area contributed by atoms with Crippen LogP contribution >= 0.6 is 0 Å². The summed E-state index contributed by atoms with van der Waals surface area (Å²) in [6, 6.07) is 10.2. The molecule has 98 valence electrons. The van der Waals surface area contributed by atoms with Crippen LogP contribution in [0.15, 0.2) is 30.3 Å². The maximum atomic E-state index is 11.9. The SMILES string of the molecule is C[C@@H]1CN(C(=O)OCc2ccccc2)CCN1C. The third-order valence-electron chi connectivity index (χ3n) is 3.42. The molecule has 1 fully saturated rings. The number of carbonyl (C=O) groups is 1. The zero-order valence-corrected chi connectivity index (χ0v) is 11.0. The molecule has 4 heteroatoms. The number of hydrogen-bond donors (Lipinski definition) is 0. The van der Waals surface area contributed by atoms with Gasteiger partial charge >= 0.3 is 6.09 Å². The summed E-state index contributed by atoms with van der Waals surface area (Å²) in [4.78, 5) is 15.9. The van der Waals surface area contributed by atoms with Gasteiger partial charge in [0.1, 0.15) is 6.61 Å². The molecule has 1 saturated heterocycles. The molecule has 1 aliphatic rings. The van der Waals surface area contributed by atoms with Gasteiger partial charge in [-0.3, -0.25) is 0 Å². The topological polar surface area (TPSA) is 32.8 Å². The average Bonchev–Trinajstić information content (AvgIpc) is 2.40. The molecular weight excluding hydrogens is 228 g/mol. The number of carbonyl (C=O) groups excluding carboxylic acids is 1. The molecule has 0 unspecified atom stereocenters. The summed E-state index contributed by atoms with van der Waals surface area (Å²) in [6.45, 7) is 4.86. The second-order valence-corrected chi connectivity index (χ2v) is 4.82. The summed E-state index contributed by atoms with van der Waals surface area (Å²) >= 11 is 0. The van der Waals surface area contributed by atoms with E-state index in [0.29, 0.717) is 12.6 Å². The number of benzene rings is 1. The van der Waals surface area contributed by atoms with Gasteiger partial charge in [0, 0.05) is 25.7 Å². The molecule has 0 bridgehead atoms. The summed E-state index contributed by atoms with van der Waals surface area (Å²) in [5.41, 5.74) is 1.02. The van der Waals surface area contributed by atoms with Gasteiger partial charge in [0.15, 0.2) is 0 Å². The number of likely N-dealkylation sites (N-methyl/N-ethyl adjacent to an activating group) is 1. The molecule has 4 nitrogen and oxygen atoms in total. The molecule has 18 heavy (non-hydrogen) atoms. The standard InChI is InChI=1S/C14H20N2O2/c1-12-10-16(9-8-15(12)2)14(17)18-11-13-6-4-3-5-7-13/h3-7,12H,8-11H2,1-2H3/t12-/m1/s1. The van der Waals surface area contributed by atoms with Crippen molar-refractivity contribution in [3.05, 3.63) is 35.9 Å². The first-order valence-electron chi connectivity index (χ1n) is 6.32. The molecule has 2 rings (SSSR count). The molecule has 1 aliphatic heterocycles. The molecule has 0 N–H and O–H groups in total. The second kappa shape index (κ2) is 5.87. The summed E-state index contributed by atoms with van der Waals surface area (Å²) in [5, 5.41) is 0. The highest BCUT2D eigenvalue weighted by atomic mass is 16.6. The lowest BCUT2D eigenvalue weighted by Gasteiger charge is -2.36. The summed E-state index contributed by atoms with van der Waals surface area (Å²) in [5.74, 6) is 0. The maximum absolute atomic E-state index is 11.9. The summed E-state index contributed by atoms with van der Waals surface area (Å²) < 4.78 is 5.32. The highest BCUT2D eigenvalue weighted by Gasteiger charge is 2.25. The number of amides is 1. The fourth-order valence-corrected chi connectivity index (χ4v) is 2.02. The van der Waals surface area contributed by atoms with Crippen LogP contribution in [-0.4, -0.2) is 48.6 Å². The van der Waals surface area contributed by atoms with Crippen molar-refractivity contribution in [2.75, 3.05) is 26.7 Å². The van der Waals surface area contributed by atoms with Crippen LogP contribution in [0.5, 0.6) is 0 Å². The zero-order chi connectivity index (χ0) is 13.0. The molecule has 0 radical (unpaired) electrons. The van der Waals surface area contributed by atoms with Crippen LogP contribution in [0.4, 0.5) is 4.79 Å². The van der Waals surface area contributed by atoms with Crippen LogP contribution < -0.4 is 0 Å². The lowest BCUT2D eigenvalue weighted by Crippen LogP contribution is -2.52. The molecule has 0 aromatic heterocycles. The lowest BCUT2D eigenvalue weighted by atomic mass is 10.2. The first-order chi connectivity index (χ1) is 8.66. The molecule has 0 spiro atoms. The number of piperazine rings is 1. The van der Waals surface area contributed by atoms with Crippen LogP contribution in [0.25, 0.3) is 0 Å². The number of nitrogens with zero attached hydrogens (tertiary/aromatic N) is 2. The third kappa shape index (κ3) is 3.23. The number of ether oxygens (including phenoxy) is 1. The molecule has 1 aromatic carbocycles. The van der Waals surface area contributed by atoms with Gasteiger partial charge < -0.3 is 14.5 Å². The minimum atomic E-state index is -0.209. The first-order valence-corrected chi connectivity index (χ1v) is 6.32. The highest BCUT2D eigenvalue weighted by Crippen LogP contribution is 2.09. The van der Waals surface area contributed by atoms with E-state index in [4.69, 9.17) is 4.74 Å². The van der Waals surface area contributed by atoms with E-state index < -0.39 is 0 Å². The Labute approximate surface area is 108 Å². The van der Waals surface area contributed by atoms with Crippen molar-refractivity contribution in [3.63, 3.8) is 0 Å². The van der Waals surface area contributed by atoms with Gasteiger partial charge in [0.05, 0.1) is 0 Å². The minimum Gasteiger partial charge on any atom is -0.445 e. The lowest BCUT2D eigenvalue weighted by molar-refractivity contribution is 0.0606. The van der Waals surface area contributed by atoms with Gasteiger partial charge in [0.25, 0.3) is 0 Å². The van der Waals surface area contributed by atoms with E-state index in [2.05, 4.69) is 18.9 Å². The maximum Gasteiger partial charge on any atom is 0.410 e. The Morgan fingerprint density at radius 2 is 2.06 bits per heavy atom. The fourth-order valence-electron chi connectivity index (χ4n) is 2.02.